The lowest BCUT2D eigenvalue weighted by molar-refractivity contribution is -0.143. The highest BCUT2D eigenvalue weighted by atomic mass is 35.5. The molecule has 3 aliphatic heterocycles. The third kappa shape index (κ3) is 5.71. The summed E-state index contributed by atoms with van der Waals surface area (Å²) in [6.45, 7) is 5.14. The number of nitrogens with one attached hydrogen (secondary N) is 1. The van der Waals surface area contributed by atoms with Crippen LogP contribution in [0.1, 0.15) is 25.7 Å². The monoisotopic (exact) mass is 554 g/mol. The second-order valence-corrected chi connectivity index (χ2v) is 13.1. The molecule has 0 aliphatic carbocycles. The summed E-state index contributed by atoms with van der Waals surface area (Å²) < 4.78 is 35.1. The highest BCUT2D eigenvalue weighted by Crippen LogP contribution is 2.31. The first-order valence-electron chi connectivity index (χ1n) is 12.4. The summed E-state index contributed by atoms with van der Waals surface area (Å²) in [5, 5.41) is 1.28. The van der Waals surface area contributed by atoms with Crippen molar-refractivity contribution in [3.05, 3.63) is 29.3 Å². The summed E-state index contributed by atoms with van der Waals surface area (Å²) in [6, 6.07) is 6.06. The van der Waals surface area contributed by atoms with Crippen LogP contribution in [-0.2, 0) is 24.3 Å². The molecule has 3 aliphatic rings. The van der Waals surface area contributed by atoms with E-state index < -0.39 is 16.1 Å². The number of sulfonamides is 1. The fraction of sp³-hybridized carbons (Fsp3) is 0.583. The van der Waals surface area contributed by atoms with Crippen molar-refractivity contribution in [2.24, 2.45) is 0 Å². The zero-order valence-electron chi connectivity index (χ0n) is 20.0. The van der Waals surface area contributed by atoms with Crippen LogP contribution in [0.4, 0.5) is 0 Å². The summed E-state index contributed by atoms with van der Waals surface area (Å²) in [5.74, 6) is -0.407. The fourth-order valence-electron chi connectivity index (χ4n) is 5.26. The molecule has 12 heteroatoms. The number of hydrogen-bond acceptors (Lipinski definition) is 7. The Bertz CT molecular complexity index is 1230. The lowest BCUT2D eigenvalue weighted by Crippen LogP contribution is -2.55. The van der Waals surface area contributed by atoms with Gasteiger partial charge in [0, 0.05) is 48.5 Å². The van der Waals surface area contributed by atoms with Gasteiger partial charge in [-0.15, -0.1) is 11.3 Å². The predicted molar refractivity (Wildman–Crippen MR) is 139 cm³/mol. The molecule has 1 aromatic heterocycles. The molecular weight excluding hydrogens is 524 g/mol. The van der Waals surface area contributed by atoms with E-state index in [0.717, 1.165) is 67.1 Å². The Morgan fingerprint density at radius 3 is 2.69 bits per heavy atom. The molecule has 3 fully saturated rings. The van der Waals surface area contributed by atoms with Gasteiger partial charge in [0.25, 0.3) is 10.0 Å². The van der Waals surface area contributed by atoms with Gasteiger partial charge in [-0.2, -0.15) is 4.72 Å². The average molecular weight is 555 g/mol. The van der Waals surface area contributed by atoms with Crippen LogP contribution in [0.25, 0.3) is 10.1 Å². The van der Waals surface area contributed by atoms with Crippen LogP contribution in [0.5, 0.6) is 0 Å². The number of likely N-dealkylation sites (tertiary alicyclic amines) is 2. The Morgan fingerprint density at radius 1 is 1.11 bits per heavy atom. The van der Waals surface area contributed by atoms with Crippen molar-refractivity contribution >= 4 is 54.9 Å². The van der Waals surface area contributed by atoms with E-state index in [0.29, 0.717) is 31.0 Å². The number of carbonyl (C=O) groups is 2. The van der Waals surface area contributed by atoms with Crippen molar-refractivity contribution < 1.29 is 22.7 Å². The van der Waals surface area contributed by atoms with E-state index in [4.69, 9.17) is 16.3 Å². The normalized spacial score (nSPS) is 24.1. The van der Waals surface area contributed by atoms with Crippen molar-refractivity contribution in [1.29, 1.82) is 0 Å². The minimum Gasteiger partial charge on any atom is -0.379 e. The van der Waals surface area contributed by atoms with E-state index in [-0.39, 0.29) is 28.6 Å². The maximum absolute atomic E-state index is 13.2. The van der Waals surface area contributed by atoms with Crippen molar-refractivity contribution in [1.82, 2.24) is 19.4 Å². The van der Waals surface area contributed by atoms with Gasteiger partial charge in [0.2, 0.25) is 11.8 Å². The Labute approximate surface area is 220 Å². The Kier molecular flexibility index (Phi) is 7.85. The SMILES string of the molecule is O=C1C(NS(=O)(=O)c2cc3cc(Cl)ccc3s2)CCCN1CC(=O)N1CCCC1CN1CCOCC1. The predicted octanol–water partition coefficient (Wildman–Crippen LogP) is 2.15. The second-order valence-electron chi connectivity index (χ2n) is 9.62. The van der Waals surface area contributed by atoms with Crippen LogP contribution in [0.2, 0.25) is 5.02 Å². The first-order valence-corrected chi connectivity index (χ1v) is 15.1. The van der Waals surface area contributed by atoms with E-state index >= 15 is 0 Å². The number of thiophene rings is 1. The lowest BCUT2D eigenvalue weighted by atomic mass is 10.1. The maximum atomic E-state index is 13.2. The summed E-state index contributed by atoms with van der Waals surface area (Å²) >= 11 is 7.17. The standard InChI is InChI=1S/C24H31ClN4O5S2/c25-18-5-6-21-17(13-18)14-23(35-21)36(32,33)26-20-4-2-7-28(24(20)31)16-22(30)29-8-1-3-19(29)15-27-9-11-34-12-10-27/h5-6,13-14,19-20,26H,1-4,7-12,15-16H2. The molecule has 2 atom stereocenters. The van der Waals surface area contributed by atoms with E-state index in [1.807, 2.05) is 4.90 Å². The van der Waals surface area contributed by atoms with E-state index in [1.54, 1.807) is 24.3 Å². The number of halogens is 1. The number of rotatable bonds is 7. The molecule has 5 rings (SSSR count). The van der Waals surface area contributed by atoms with Crippen molar-refractivity contribution in [3.8, 4) is 0 Å². The van der Waals surface area contributed by atoms with Gasteiger partial charge in [-0.05, 0) is 55.3 Å². The highest BCUT2D eigenvalue weighted by molar-refractivity contribution is 7.91. The molecule has 2 unspecified atom stereocenters. The number of nitrogens with zero attached hydrogens (tertiary/aromatic N) is 3. The van der Waals surface area contributed by atoms with Crippen molar-refractivity contribution in [3.63, 3.8) is 0 Å². The maximum Gasteiger partial charge on any atom is 0.250 e. The molecule has 9 nitrogen and oxygen atoms in total. The molecule has 0 spiro atoms. The molecule has 2 amide bonds. The van der Waals surface area contributed by atoms with Crippen LogP contribution >= 0.6 is 22.9 Å². The molecule has 1 aromatic carbocycles. The smallest absolute Gasteiger partial charge is 0.250 e. The minimum absolute atomic E-state index is 0.0158. The molecule has 0 saturated carbocycles. The topological polar surface area (TPSA) is 99.3 Å². The molecule has 1 N–H and O–H groups in total. The van der Waals surface area contributed by atoms with Gasteiger partial charge in [-0.3, -0.25) is 14.5 Å². The number of hydrogen-bond donors (Lipinski definition) is 1. The molecule has 3 saturated heterocycles. The highest BCUT2D eigenvalue weighted by Gasteiger charge is 2.36. The molecule has 0 radical (unpaired) electrons. The van der Waals surface area contributed by atoms with Gasteiger partial charge in [-0.1, -0.05) is 11.6 Å². The van der Waals surface area contributed by atoms with Crippen LogP contribution in [0.3, 0.4) is 0 Å². The number of piperidine rings is 1. The molecule has 4 heterocycles. The van der Waals surface area contributed by atoms with Gasteiger partial charge < -0.3 is 14.5 Å². The largest absolute Gasteiger partial charge is 0.379 e. The summed E-state index contributed by atoms with van der Waals surface area (Å²) in [6.07, 6.45) is 2.95. The first kappa shape index (κ1) is 25.9. The van der Waals surface area contributed by atoms with Gasteiger partial charge >= 0.3 is 0 Å². The number of benzene rings is 1. The van der Waals surface area contributed by atoms with Crippen LogP contribution in [-0.4, -0.2) is 99.5 Å². The quantitative estimate of drug-likeness (QED) is 0.563. The van der Waals surface area contributed by atoms with Crippen molar-refractivity contribution in [2.45, 2.75) is 42.0 Å². The van der Waals surface area contributed by atoms with Gasteiger partial charge in [0.05, 0.1) is 19.8 Å². The number of fused-ring (bicyclic) bond motifs is 1. The number of morpholine rings is 1. The zero-order valence-corrected chi connectivity index (χ0v) is 22.4. The Balaban J connectivity index is 1.21. The summed E-state index contributed by atoms with van der Waals surface area (Å²) in [5.41, 5.74) is 0. The summed E-state index contributed by atoms with van der Waals surface area (Å²) in [4.78, 5) is 32.1. The van der Waals surface area contributed by atoms with Crippen molar-refractivity contribution in [2.75, 3.05) is 52.5 Å². The van der Waals surface area contributed by atoms with Gasteiger partial charge in [0.15, 0.2) is 0 Å². The van der Waals surface area contributed by atoms with Gasteiger partial charge in [0.1, 0.15) is 10.3 Å². The van der Waals surface area contributed by atoms with Gasteiger partial charge in [-0.25, -0.2) is 8.42 Å². The average Bonchev–Trinajstić information content (AvgIpc) is 3.49. The molecule has 2 aromatic rings. The van der Waals surface area contributed by atoms with E-state index in [9.17, 15) is 18.0 Å². The van der Waals surface area contributed by atoms with E-state index in [2.05, 4.69) is 9.62 Å². The molecule has 0 bridgehead atoms. The molecule has 196 valence electrons. The van der Waals surface area contributed by atoms with Crippen LogP contribution in [0, 0.1) is 0 Å². The zero-order chi connectivity index (χ0) is 25.3. The number of ether oxygens (including phenoxy) is 1. The third-order valence-corrected chi connectivity index (χ3v) is 10.4. The number of amides is 2. The molecule has 36 heavy (non-hydrogen) atoms. The lowest BCUT2D eigenvalue weighted by Gasteiger charge is -2.35. The summed E-state index contributed by atoms with van der Waals surface area (Å²) in [7, 11) is -3.89. The van der Waals surface area contributed by atoms with Crippen LogP contribution in [0.15, 0.2) is 28.5 Å². The Hall–Kier alpha value is -1.76. The fourth-order valence-corrected chi connectivity index (χ4v) is 8.06. The van der Waals surface area contributed by atoms with E-state index in [1.165, 1.54) is 4.90 Å². The second kappa shape index (κ2) is 10.9. The number of carbonyl (C=O) groups excluding carboxylic acids is 2. The third-order valence-electron chi connectivity index (χ3n) is 7.14. The van der Waals surface area contributed by atoms with Crippen LogP contribution < -0.4 is 4.72 Å². The molecular formula is C24H31ClN4O5S2. The Morgan fingerprint density at radius 2 is 1.89 bits per heavy atom. The first-order chi connectivity index (χ1) is 17.3. The minimum atomic E-state index is -3.89.